The zero-order valence-corrected chi connectivity index (χ0v) is 12.9. The van der Waals surface area contributed by atoms with Gasteiger partial charge in [0.05, 0.1) is 5.56 Å². The topological polar surface area (TPSA) is 77.8 Å². The Balaban J connectivity index is -0.000000242. The molecule has 1 aromatic rings. The van der Waals surface area contributed by atoms with Gasteiger partial charge in [-0.2, -0.15) is 0 Å². The van der Waals surface area contributed by atoms with Crippen LogP contribution < -0.4 is 0 Å². The van der Waals surface area contributed by atoms with E-state index in [-0.39, 0.29) is 50.1 Å². The number of benzene rings is 1. The maximum Gasteiger partial charge on any atom is 0.152 e. The maximum atomic E-state index is 12.5. The monoisotopic (exact) mass is 321 g/mol. The van der Waals surface area contributed by atoms with E-state index in [0.29, 0.717) is 6.29 Å². The number of aliphatic hydroxyl groups is 2. The summed E-state index contributed by atoms with van der Waals surface area (Å²) in [7, 11) is 1.00. The third kappa shape index (κ3) is 13.6. The van der Waals surface area contributed by atoms with Gasteiger partial charge in [-0.1, -0.05) is 0 Å². The van der Waals surface area contributed by atoms with Gasteiger partial charge in [-0.15, -0.1) is 0 Å². The van der Waals surface area contributed by atoms with E-state index in [0.717, 1.165) is 13.2 Å². The molecule has 95 valence electrons. The van der Waals surface area contributed by atoms with Gasteiger partial charge in [-0.3, -0.25) is 4.79 Å². The average molecular weight is 321 g/mol. The summed E-state index contributed by atoms with van der Waals surface area (Å²) in [5.41, 5.74) is -0.0437. The predicted octanol–water partition coefficient (Wildman–Crippen LogP) is 1.34. The van der Waals surface area contributed by atoms with Gasteiger partial charge in [-0.05, 0) is 26.0 Å². The zero-order valence-electron chi connectivity index (χ0n) is 10.1. The Bertz CT molecular complexity index is 303. The van der Waals surface area contributed by atoms with E-state index in [1.54, 1.807) is 13.8 Å². The number of aldehydes is 1. The minimum Gasteiger partial charge on any atom is -0.508 e. The fourth-order valence-corrected chi connectivity index (χ4v) is 0.612. The second-order valence-corrected chi connectivity index (χ2v) is 2.92. The number of carbonyl (C=O) groups is 1. The number of phenolic OH excluding ortho intramolecular Hbond substituents is 1. The van der Waals surface area contributed by atoms with Gasteiger partial charge in [0.15, 0.2) is 6.29 Å². The van der Waals surface area contributed by atoms with Crippen molar-refractivity contribution in [2.75, 3.05) is 7.11 Å². The molecule has 17 heavy (non-hydrogen) atoms. The van der Waals surface area contributed by atoms with Gasteiger partial charge in [0.1, 0.15) is 11.6 Å². The molecule has 1 radical (unpaired) electrons. The molecular weight excluding hydrogens is 304 g/mol. The van der Waals surface area contributed by atoms with Crippen molar-refractivity contribution in [3.05, 3.63) is 29.6 Å². The van der Waals surface area contributed by atoms with Crippen molar-refractivity contribution in [3.63, 3.8) is 0 Å². The summed E-state index contributed by atoms with van der Waals surface area (Å²) in [6.07, 6.45) is 0.231. The summed E-state index contributed by atoms with van der Waals surface area (Å²) in [6.45, 7) is 3.44. The largest absolute Gasteiger partial charge is 0.508 e. The van der Waals surface area contributed by atoms with E-state index in [1.807, 2.05) is 0 Å². The summed E-state index contributed by atoms with van der Waals surface area (Å²) in [5, 5.41) is 23.7. The number of carbonyl (C=O) groups excluding carboxylic acids is 1. The molecular formula is C11H17FO4Y. The molecule has 0 aromatic heterocycles. The van der Waals surface area contributed by atoms with Crippen LogP contribution in [0.4, 0.5) is 4.39 Å². The second-order valence-electron chi connectivity index (χ2n) is 2.92. The number of phenols is 1. The van der Waals surface area contributed by atoms with E-state index in [2.05, 4.69) is 0 Å². The van der Waals surface area contributed by atoms with Crippen LogP contribution in [-0.4, -0.2) is 34.8 Å². The molecule has 0 bridgehead atoms. The SMILES string of the molecule is CC(C)O.CO.O=Cc1ccc(O)cc1F.[Y]. The molecule has 0 aliphatic carbocycles. The molecule has 0 atom stereocenters. The van der Waals surface area contributed by atoms with Crippen molar-refractivity contribution < 1.29 is 57.2 Å². The van der Waals surface area contributed by atoms with Crippen LogP contribution in [0.5, 0.6) is 5.75 Å². The third-order valence-corrected chi connectivity index (χ3v) is 1.11. The molecule has 0 spiro atoms. The van der Waals surface area contributed by atoms with Crippen molar-refractivity contribution in [2.24, 2.45) is 0 Å². The number of rotatable bonds is 1. The first-order chi connectivity index (χ1) is 7.47. The number of hydrogen-bond acceptors (Lipinski definition) is 4. The average Bonchev–Trinajstić information content (AvgIpc) is 2.20. The Morgan fingerprint density at radius 3 is 2.00 bits per heavy atom. The molecule has 0 aliphatic rings. The Hall–Kier alpha value is -0.356. The molecule has 0 aliphatic heterocycles. The first kappa shape index (κ1) is 21.9. The molecule has 6 heteroatoms. The van der Waals surface area contributed by atoms with Gasteiger partial charge in [0, 0.05) is 52.0 Å². The summed E-state index contributed by atoms with van der Waals surface area (Å²) >= 11 is 0. The quantitative estimate of drug-likeness (QED) is 0.682. The molecule has 1 rings (SSSR count). The normalized spacial score (nSPS) is 7.94. The molecule has 0 heterocycles. The van der Waals surface area contributed by atoms with Gasteiger partial charge in [0.25, 0.3) is 0 Å². The number of halogens is 1. The Kier molecular flexibility index (Phi) is 17.6. The van der Waals surface area contributed by atoms with Crippen LogP contribution in [0, 0.1) is 5.82 Å². The van der Waals surface area contributed by atoms with Crippen molar-refractivity contribution in [2.45, 2.75) is 20.0 Å². The first-order valence-electron chi connectivity index (χ1n) is 4.54. The second kappa shape index (κ2) is 13.7. The van der Waals surface area contributed by atoms with Crippen molar-refractivity contribution in [3.8, 4) is 5.75 Å². The van der Waals surface area contributed by atoms with Crippen LogP contribution in [-0.2, 0) is 32.7 Å². The van der Waals surface area contributed by atoms with Gasteiger partial charge >= 0.3 is 0 Å². The maximum absolute atomic E-state index is 12.5. The molecule has 0 unspecified atom stereocenters. The summed E-state index contributed by atoms with van der Waals surface area (Å²) in [6, 6.07) is 3.37. The Morgan fingerprint density at radius 2 is 1.71 bits per heavy atom. The number of aromatic hydroxyl groups is 1. The van der Waals surface area contributed by atoms with E-state index in [9.17, 15) is 9.18 Å². The van der Waals surface area contributed by atoms with Crippen LogP contribution in [0.2, 0.25) is 0 Å². The fourth-order valence-electron chi connectivity index (χ4n) is 0.612. The Morgan fingerprint density at radius 1 is 1.29 bits per heavy atom. The van der Waals surface area contributed by atoms with E-state index in [4.69, 9.17) is 15.3 Å². The van der Waals surface area contributed by atoms with Crippen molar-refractivity contribution >= 4 is 6.29 Å². The molecule has 1 aromatic carbocycles. The van der Waals surface area contributed by atoms with E-state index < -0.39 is 5.82 Å². The number of aliphatic hydroxyl groups excluding tert-OH is 2. The standard InChI is InChI=1S/C7H5FO2.C3H8O.CH4O.Y/c8-7-3-6(10)2-1-5(7)4-9;1-3(2)4;1-2;/h1-4,10H;3-4H,1-2H3;2H,1H3;. The van der Waals surface area contributed by atoms with Crippen LogP contribution >= 0.6 is 0 Å². The molecule has 0 amide bonds. The molecule has 3 N–H and O–H groups in total. The van der Waals surface area contributed by atoms with Crippen LogP contribution in [0.1, 0.15) is 24.2 Å². The van der Waals surface area contributed by atoms with Crippen LogP contribution in [0.15, 0.2) is 18.2 Å². The van der Waals surface area contributed by atoms with E-state index >= 15 is 0 Å². The summed E-state index contributed by atoms with van der Waals surface area (Å²) < 4.78 is 12.5. The van der Waals surface area contributed by atoms with Gasteiger partial charge in [0.2, 0.25) is 0 Å². The first-order valence-corrected chi connectivity index (χ1v) is 4.54. The minimum atomic E-state index is -0.699. The molecule has 0 saturated carbocycles. The summed E-state index contributed by atoms with van der Waals surface area (Å²) in [5.74, 6) is -0.877. The zero-order chi connectivity index (χ0) is 13.1. The summed E-state index contributed by atoms with van der Waals surface area (Å²) in [4.78, 5) is 10.0. The molecule has 4 nitrogen and oxygen atoms in total. The van der Waals surface area contributed by atoms with Gasteiger partial charge < -0.3 is 15.3 Å². The molecule has 0 saturated heterocycles. The van der Waals surface area contributed by atoms with Crippen LogP contribution in [0.25, 0.3) is 0 Å². The van der Waals surface area contributed by atoms with Crippen molar-refractivity contribution in [1.82, 2.24) is 0 Å². The molecule has 0 fully saturated rings. The van der Waals surface area contributed by atoms with E-state index in [1.165, 1.54) is 12.1 Å². The van der Waals surface area contributed by atoms with Crippen LogP contribution in [0.3, 0.4) is 0 Å². The predicted molar refractivity (Wildman–Crippen MR) is 58.9 cm³/mol. The Labute approximate surface area is 125 Å². The third-order valence-electron chi connectivity index (χ3n) is 1.11. The number of hydrogen-bond donors (Lipinski definition) is 3. The minimum absolute atomic E-state index is 0. The van der Waals surface area contributed by atoms with Gasteiger partial charge in [-0.25, -0.2) is 4.39 Å². The van der Waals surface area contributed by atoms with Crippen molar-refractivity contribution in [1.29, 1.82) is 0 Å². The smallest absolute Gasteiger partial charge is 0.152 e. The fraction of sp³-hybridized carbons (Fsp3) is 0.364.